The molecule has 0 spiro atoms. The third kappa shape index (κ3) is 5.50. The Morgan fingerprint density at radius 1 is 1.29 bits per heavy atom. The molecule has 1 saturated heterocycles. The van der Waals surface area contributed by atoms with Crippen LogP contribution in [0.4, 0.5) is 4.39 Å². The summed E-state index contributed by atoms with van der Waals surface area (Å²) in [5.74, 6) is 0.398. The molecule has 0 amide bonds. The molecule has 122 valence electrons. The minimum atomic E-state index is -0.0655. The van der Waals surface area contributed by atoms with Crippen LogP contribution in [0.3, 0.4) is 0 Å². The third-order valence-corrected chi connectivity index (χ3v) is 4.68. The molecule has 0 bridgehead atoms. The van der Waals surface area contributed by atoms with Crippen LogP contribution in [-0.2, 0) is 0 Å². The second-order valence-electron chi connectivity index (χ2n) is 5.28. The second kappa shape index (κ2) is 10.2. The van der Waals surface area contributed by atoms with Crippen LogP contribution < -0.4 is 5.32 Å². The van der Waals surface area contributed by atoms with Crippen LogP contribution in [0.2, 0.25) is 0 Å². The van der Waals surface area contributed by atoms with Gasteiger partial charge in [0.2, 0.25) is 0 Å². The number of piperazine rings is 1. The van der Waals surface area contributed by atoms with Gasteiger partial charge in [0.25, 0.3) is 0 Å². The lowest BCUT2D eigenvalue weighted by Gasteiger charge is -2.38. The highest BCUT2D eigenvalue weighted by atomic mass is 127. The van der Waals surface area contributed by atoms with Crippen molar-refractivity contribution < 1.29 is 4.39 Å². The van der Waals surface area contributed by atoms with Gasteiger partial charge in [0.1, 0.15) is 5.82 Å². The lowest BCUT2D eigenvalue weighted by molar-refractivity contribution is 0.125. The maximum atomic E-state index is 14.2. The Kier molecular flexibility index (Phi) is 10.4. The number of rotatable bonds is 4. The standard InChI is InChI=1S/C15H22FIN2.2ClH/c1-3-11(2)15(19-8-6-18-7-9-19)13-10-12(17)4-5-14(13)16;;/h4-5,10-11,15,18H,3,6-9H2,1-2H3;2*1H/t11?,15-;;/m0../s1. The molecule has 21 heavy (non-hydrogen) atoms. The second-order valence-corrected chi connectivity index (χ2v) is 6.53. The number of nitrogens with one attached hydrogen (secondary N) is 1. The van der Waals surface area contributed by atoms with E-state index in [1.165, 1.54) is 0 Å². The predicted molar refractivity (Wildman–Crippen MR) is 100 cm³/mol. The lowest BCUT2D eigenvalue weighted by Crippen LogP contribution is -2.46. The molecule has 2 atom stereocenters. The van der Waals surface area contributed by atoms with Crippen LogP contribution in [0, 0.1) is 15.3 Å². The summed E-state index contributed by atoms with van der Waals surface area (Å²) < 4.78 is 15.3. The van der Waals surface area contributed by atoms with Crippen LogP contribution >= 0.6 is 47.4 Å². The summed E-state index contributed by atoms with van der Waals surface area (Å²) >= 11 is 2.26. The van der Waals surface area contributed by atoms with Crippen molar-refractivity contribution in [3.63, 3.8) is 0 Å². The molecule has 1 unspecified atom stereocenters. The normalized spacial score (nSPS) is 18.3. The van der Waals surface area contributed by atoms with Crippen molar-refractivity contribution in [3.05, 3.63) is 33.1 Å². The molecule has 0 aromatic heterocycles. The largest absolute Gasteiger partial charge is 0.314 e. The summed E-state index contributed by atoms with van der Waals surface area (Å²) in [6.07, 6.45) is 1.07. The van der Waals surface area contributed by atoms with Gasteiger partial charge in [0, 0.05) is 41.4 Å². The molecule has 2 nitrogen and oxygen atoms in total. The summed E-state index contributed by atoms with van der Waals surface area (Å²) in [7, 11) is 0. The maximum absolute atomic E-state index is 14.2. The van der Waals surface area contributed by atoms with Crippen LogP contribution in [0.25, 0.3) is 0 Å². The molecule has 1 aliphatic heterocycles. The first-order valence-corrected chi connectivity index (χ1v) is 8.11. The first-order valence-electron chi connectivity index (χ1n) is 7.03. The monoisotopic (exact) mass is 448 g/mol. The summed E-state index contributed by atoms with van der Waals surface area (Å²) in [6.45, 7) is 8.41. The molecule has 1 aromatic rings. The van der Waals surface area contributed by atoms with Crippen molar-refractivity contribution in [2.24, 2.45) is 5.92 Å². The molecule has 0 radical (unpaired) electrons. The van der Waals surface area contributed by atoms with E-state index < -0.39 is 0 Å². The van der Waals surface area contributed by atoms with E-state index >= 15 is 0 Å². The topological polar surface area (TPSA) is 15.3 Å². The molecule has 1 fully saturated rings. The van der Waals surface area contributed by atoms with E-state index in [0.717, 1.165) is 41.7 Å². The quantitative estimate of drug-likeness (QED) is 0.692. The van der Waals surface area contributed by atoms with Crippen molar-refractivity contribution in [1.29, 1.82) is 0 Å². The first kappa shape index (κ1) is 21.4. The Bertz CT molecular complexity index is 428. The van der Waals surface area contributed by atoms with Crippen molar-refractivity contribution >= 4 is 47.4 Å². The van der Waals surface area contributed by atoms with E-state index in [4.69, 9.17) is 0 Å². The van der Waals surface area contributed by atoms with Gasteiger partial charge in [0.05, 0.1) is 0 Å². The van der Waals surface area contributed by atoms with Gasteiger partial charge in [-0.3, -0.25) is 4.90 Å². The Hall–Kier alpha value is 0.380. The van der Waals surface area contributed by atoms with E-state index in [1.54, 1.807) is 6.07 Å². The van der Waals surface area contributed by atoms with E-state index in [0.29, 0.717) is 5.92 Å². The molecule has 0 saturated carbocycles. The van der Waals surface area contributed by atoms with Gasteiger partial charge in [-0.25, -0.2) is 4.39 Å². The van der Waals surface area contributed by atoms with Crippen LogP contribution in [-0.4, -0.2) is 31.1 Å². The van der Waals surface area contributed by atoms with Gasteiger partial charge in [-0.15, -0.1) is 24.8 Å². The highest BCUT2D eigenvalue weighted by Gasteiger charge is 2.28. The minimum absolute atomic E-state index is 0. The Balaban J connectivity index is 0.00000200. The van der Waals surface area contributed by atoms with Crippen LogP contribution in [0.5, 0.6) is 0 Å². The number of nitrogens with zero attached hydrogens (tertiary/aromatic N) is 1. The van der Waals surface area contributed by atoms with Gasteiger partial charge >= 0.3 is 0 Å². The van der Waals surface area contributed by atoms with Crippen molar-refractivity contribution in [2.75, 3.05) is 26.2 Å². The van der Waals surface area contributed by atoms with Gasteiger partial charge < -0.3 is 5.32 Å². The van der Waals surface area contributed by atoms with Gasteiger partial charge in [-0.05, 0) is 46.7 Å². The van der Waals surface area contributed by atoms with Gasteiger partial charge in [-0.1, -0.05) is 20.3 Å². The van der Waals surface area contributed by atoms with E-state index in [2.05, 4.69) is 46.7 Å². The molecule has 0 aliphatic carbocycles. The van der Waals surface area contributed by atoms with E-state index in [1.807, 2.05) is 12.1 Å². The molecule has 2 rings (SSSR count). The molecule has 1 aliphatic rings. The third-order valence-electron chi connectivity index (χ3n) is 4.00. The predicted octanol–water partition coefficient (Wildman–Crippen LogP) is 4.27. The number of benzene rings is 1. The number of hydrogen-bond acceptors (Lipinski definition) is 2. The average molecular weight is 449 g/mol. The summed E-state index contributed by atoms with van der Waals surface area (Å²) in [5.41, 5.74) is 0.864. The molecular formula is C15H24Cl2FIN2. The highest BCUT2D eigenvalue weighted by molar-refractivity contribution is 14.1. The summed E-state index contributed by atoms with van der Waals surface area (Å²) in [6, 6.07) is 5.65. The molecule has 1 N–H and O–H groups in total. The minimum Gasteiger partial charge on any atom is -0.314 e. The van der Waals surface area contributed by atoms with Gasteiger partial charge in [0.15, 0.2) is 0 Å². The first-order chi connectivity index (χ1) is 9.13. The molecule has 1 heterocycles. The zero-order valence-electron chi connectivity index (χ0n) is 12.4. The Morgan fingerprint density at radius 3 is 2.48 bits per heavy atom. The summed E-state index contributed by atoms with van der Waals surface area (Å²) in [4.78, 5) is 2.43. The molecular weight excluding hydrogens is 425 g/mol. The van der Waals surface area contributed by atoms with E-state index in [9.17, 15) is 4.39 Å². The SMILES string of the molecule is CCC(C)[C@@H](c1cc(I)ccc1F)N1CCNCC1.Cl.Cl. The van der Waals surface area contributed by atoms with Gasteiger partial charge in [-0.2, -0.15) is 0 Å². The average Bonchev–Trinajstić information content (AvgIpc) is 2.44. The number of hydrogen-bond donors (Lipinski definition) is 1. The van der Waals surface area contributed by atoms with Crippen molar-refractivity contribution in [3.8, 4) is 0 Å². The fourth-order valence-corrected chi connectivity index (χ4v) is 3.30. The maximum Gasteiger partial charge on any atom is 0.128 e. The van der Waals surface area contributed by atoms with Crippen LogP contribution in [0.15, 0.2) is 18.2 Å². The lowest BCUT2D eigenvalue weighted by atomic mass is 9.90. The molecule has 1 aromatic carbocycles. The zero-order valence-corrected chi connectivity index (χ0v) is 16.2. The van der Waals surface area contributed by atoms with Crippen molar-refractivity contribution in [1.82, 2.24) is 10.2 Å². The fraction of sp³-hybridized carbons (Fsp3) is 0.600. The van der Waals surface area contributed by atoms with E-state index in [-0.39, 0.29) is 36.7 Å². The number of halogens is 4. The Morgan fingerprint density at radius 2 is 1.90 bits per heavy atom. The van der Waals surface area contributed by atoms with Crippen molar-refractivity contribution in [2.45, 2.75) is 26.3 Å². The smallest absolute Gasteiger partial charge is 0.128 e. The summed E-state index contributed by atoms with van der Waals surface area (Å²) in [5, 5.41) is 3.37. The highest BCUT2D eigenvalue weighted by Crippen LogP contribution is 2.33. The Labute approximate surface area is 153 Å². The van der Waals surface area contributed by atoms with Crippen LogP contribution in [0.1, 0.15) is 31.9 Å². The zero-order chi connectivity index (χ0) is 13.8. The molecule has 6 heteroatoms. The fourth-order valence-electron chi connectivity index (χ4n) is 2.79.